The van der Waals surface area contributed by atoms with Crippen molar-refractivity contribution in [1.82, 2.24) is 5.32 Å². The molecule has 0 aromatic heterocycles. The summed E-state index contributed by atoms with van der Waals surface area (Å²) in [6.45, 7) is 4.20. The summed E-state index contributed by atoms with van der Waals surface area (Å²) in [5.74, 6) is 1.67. The van der Waals surface area contributed by atoms with Gasteiger partial charge in [0.05, 0.1) is 5.41 Å². The van der Waals surface area contributed by atoms with Crippen LogP contribution in [0.5, 0.6) is 11.5 Å². The average molecular weight is 290 g/mol. The van der Waals surface area contributed by atoms with Crippen molar-refractivity contribution in [2.45, 2.75) is 31.6 Å². The van der Waals surface area contributed by atoms with Crippen molar-refractivity contribution in [3.63, 3.8) is 0 Å². The minimum atomic E-state index is -0.664. The largest absolute Gasteiger partial charge is 0.454 e. The molecule has 1 saturated heterocycles. The van der Waals surface area contributed by atoms with Crippen LogP contribution in [0.1, 0.15) is 31.7 Å². The summed E-state index contributed by atoms with van der Waals surface area (Å²) in [5, 5.41) is 3.35. The topological polar surface area (TPSA) is 73.6 Å². The number of carbonyl (C=O) groups is 1. The first-order valence-corrected chi connectivity index (χ1v) is 7.50. The van der Waals surface area contributed by atoms with Gasteiger partial charge in [-0.25, -0.2) is 0 Å². The molecule has 1 atom stereocenters. The zero-order valence-electron chi connectivity index (χ0n) is 12.4. The average Bonchev–Trinajstić information content (AvgIpc) is 2.95. The molecule has 0 radical (unpaired) electrons. The van der Waals surface area contributed by atoms with Crippen molar-refractivity contribution in [1.29, 1.82) is 0 Å². The van der Waals surface area contributed by atoms with Gasteiger partial charge < -0.3 is 20.5 Å². The molecule has 2 aliphatic heterocycles. The number of hydrogen-bond acceptors (Lipinski definition) is 4. The molecule has 5 heteroatoms. The molecule has 3 N–H and O–H groups in total. The molecule has 5 nitrogen and oxygen atoms in total. The van der Waals surface area contributed by atoms with Crippen molar-refractivity contribution >= 4 is 5.91 Å². The van der Waals surface area contributed by atoms with Gasteiger partial charge in [-0.1, -0.05) is 6.07 Å². The van der Waals surface area contributed by atoms with Crippen molar-refractivity contribution in [3.05, 3.63) is 23.8 Å². The van der Waals surface area contributed by atoms with Gasteiger partial charge >= 0.3 is 0 Å². The molecule has 114 valence electrons. The van der Waals surface area contributed by atoms with Gasteiger partial charge in [0.2, 0.25) is 12.7 Å². The van der Waals surface area contributed by atoms with Crippen molar-refractivity contribution < 1.29 is 14.3 Å². The number of rotatable bonds is 4. The monoisotopic (exact) mass is 290 g/mol. The maximum atomic E-state index is 12.1. The molecule has 2 aliphatic rings. The summed E-state index contributed by atoms with van der Waals surface area (Å²) in [4.78, 5) is 12.1. The van der Waals surface area contributed by atoms with Gasteiger partial charge in [0, 0.05) is 0 Å². The molecular weight excluding hydrogens is 268 g/mol. The van der Waals surface area contributed by atoms with Crippen LogP contribution < -0.4 is 20.5 Å². The molecule has 1 aromatic carbocycles. The van der Waals surface area contributed by atoms with Crippen LogP contribution >= 0.6 is 0 Å². The summed E-state index contributed by atoms with van der Waals surface area (Å²) in [5.41, 5.74) is 5.99. The van der Waals surface area contributed by atoms with Crippen LogP contribution in [0.15, 0.2) is 18.2 Å². The highest BCUT2D eigenvalue weighted by molar-refractivity contribution is 5.86. The Hall–Kier alpha value is -1.75. The smallest absolute Gasteiger partial charge is 0.231 e. The fourth-order valence-electron chi connectivity index (χ4n) is 3.26. The zero-order chi connectivity index (χ0) is 14.9. The Morgan fingerprint density at radius 3 is 2.76 bits per heavy atom. The Labute approximate surface area is 124 Å². The summed E-state index contributed by atoms with van der Waals surface area (Å²) in [7, 11) is 0. The van der Waals surface area contributed by atoms with Crippen LogP contribution in [0.2, 0.25) is 0 Å². The number of ether oxygens (including phenoxy) is 2. The minimum absolute atomic E-state index is 0.236. The van der Waals surface area contributed by atoms with Gasteiger partial charge in [-0.15, -0.1) is 0 Å². The van der Waals surface area contributed by atoms with E-state index in [4.69, 9.17) is 15.2 Å². The molecule has 1 aromatic rings. The molecular formula is C16H22N2O3. The van der Waals surface area contributed by atoms with Crippen molar-refractivity contribution in [3.8, 4) is 11.5 Å². The molecule has 0 saturated carbocycles. The first kappa shape index (κ1) is 14.2. The molecule has 3 rings (SSSR count). The van der Waals surface area contributed by atoms with Gasteiger partial charge in [0.1, 0.15) is 0 Å². The Morgan fingerprint density at radius 2 is 2.05 bits per heavy atom. The Bertz CT molecular complexity index is 540. The van der Waals surface area contributed by atoms with Gasteiger partial charge in [0.15, 0.2) is 11.5 Å². The van der Waals surface area contributed by atoms with E-state index in [1.54, 1.807) is 0 Å². The second-order valence-corrected chi connectivity index (χ2v) is 6.16. The van der Waals surface area contributed by atoms with E-state index in [2.05, 4.69) is 5.32 Å². The Morgan fingerprint density at radius 1 is 1.33 bits per heavy atom. The van der Waals surface area contributed by atoms with Gasteiger partial charge in [-0.05, 0) is 62.9 Å². The zero-order valence-corrected chi connectivity index (χ0v) is 12.4. The summed E-state index contributed by atoms with van der Waals surface area (Å²) >= 11 is 0. The fourth-order valence-corrected chi connectivity index (χ4v) is 3.26. The van der Waals surface area contributed by atoms with E-state index >= 15 is 0 Å². The third-order valence-electron chi connectivity index (χ3n) is 4.71. The van der Waals surface area contributed by atoms with Gasteiger partial charge in [-0.3, -0.25) is 4.79 Å². The third kappa shape index (κ3) is 2.70. The number of piperidine rings is 1. The number of hydrogen-bond donors (Lipinski definition) is 2. The highest BCUT2D eigenvalue weighted by atomic mass is 16.7. The maximum Gasteiger partial charge on any atom is 0.231 e. The van der Waals surface area contributed by atoms with E-state index in [-0.39, 0.29) is 12.7 Å². The Balaban J connectivity index is 1.87. The summed E-state index contributed by atoms with van der Waals surface area (Å²) in [6.07, 6.45) is 2.96. The first-order chi connectivity index (χ1) is 10.1. The number of carbonyl (C=O) groups excluding carboxylic acids is 1. The standard InChI is InChI=1S/C16H22N2O3/c1-16(15(17)19,9-11-4-6-18-7-5-11)12-2-3-13-14(8-12)21-10-20-13/h2-3,8,11,18H,4-7,9-10H2,1H3,(H2,17,19). The maximum absolute atomic E-state index is 12.1. The number of amides is 1. The first-order valence-electron chi connectivity index (χ1n) is 7.50. The lowest BCUT2D eigenvalue weighted by molar-refractivity contribution is -0.123. The van der Waals surface area contributed by atoms with E-state index in [0.717, 1.165) is 43.7 Å². The molecule has 0 aliphatic carbocycles. The third-order valence-corrected chi connectivity index (χ3v) is 4.71. The molecule has 1 amide bonds. The number of nitrogens with two attached hydrogens (primary N) is 1. The van der Waals surface area contributed by atoms with E-state index in [1.165, 1.54) is 0 Å². The molecule has 1 unspecified atom stereocenters. The molecule has 21 heavy (non-hydrogen) atoms. The lowest BCUT2D eigenvalue weighted by Crippen LogP contribution is -2.42. The highest BCUT2D eigenvalue weighted by Gasteiger charge is 2.37. The number of benzene rings is 1. The van der Waals surface area contributed by atoms with Crippen molar-refractivity contribution in [2.24, 2.45) is 11.7 Å². The van der Waals surface area contributed by atoms with Crippen LogP contribution in [-0.4, -0.2) is 25.8 Å². The predicted molar refractivity (Wildman–Crippen MR) is 79.3 cm³/mol. The summed E-state index contributed by atoms with van der Waals surface area (Å²) < 4.78 is 10.7. The van der Waals surface area contributed by atoms with E-state index in [9.17, 15) is 4.79 Å². The SMILES string of the molecule is CC(CC1CCNCC1)(C(N)=O)c1ccc2c(c1)OCO2. The lowest BCUT2D eigenvalue weighted by Gasteiger charge is -2.33. The summed E-state index contributed by atoms with van der Waals surface area (Å²) in [6, 6.07) is 5.69. The highest BCUT2D eigenvalue weighted by Crippen LogP contribution is 2.40. The van der Waals surface area contributed by atoms with Gasteiger partial charge in [-0.2, -0.15) is 0 Å². The normalized spacial score (nSPS) is 21.0. The Kier molecular flexibility index (Phi) is 3.76. The number of primary amides is 1. The van der Waals surface area contributed by atoms with Gasteiger partial charge in [0.25, 0.3) is 0 Å². The van der Waals surface area contributed by atoms with Crippen LogP contribution in [0.4, 0.5) is 0 Å². The number of fused-ring (bicyclic) bond motifs is 1. The number of nitrogens with one attached hydrogen (secondary N) is 1. The second kappa shape index (κ2) is 5.56. The van der Waals surface area contributed by atoms with E-state index in [1.807, 2.05) is 25.1 Å². The fraction of sp³-hybridized carbons (Fsp3) is 0.562. The molecule has 0 spiro atoms. The van der Waals surface area contributed by atoms with Crippen molar-refractivity contribution in [2.75, 3.05) is 19.9 Å². The quantitative estimate of drug-likeness (QED) is 0.882. The second-order valence-electron chi connectivity index (χ2n) is 6.16. The molecule has 0 bridgehead atoms. The van der Waals surface area contributed by atoms with Crippen LogP contribution in [-0.2, 0) is 10.2 Å². The molecule has 2 heterocycles. The predicted octanol–water partition coefficient (Wildman–Crippen LogP) is 1.55. The minimum Gasteiger partial charge on any atom is -0.454 e. The van der Waals surface area contributed by atoms with Crippen LogP contribution in [0.25, 0.3) is 0 Å². The lowest BCUT2D eigenvalue weighted by atomic mass is 9.72. The van der Waals surface area contributed by atoms with E-state index in [0.29, 0.717) is 11.7 Å². The van der Waals surface area contributed by atoms with E-state index < -0.39 is 5.41 Å². The van der Waals surface area contributed by atoms with Crippen LogP contribution in [0, 0.1) is 5.92 Å². The molecule has 1 fully saturated rings. The van der Waals surface area contributed by atoms with Crippen LogP contribution in [0.3, 0.4) is 0 Å².